The van der Waals surface area contributed by atoms with Crippen molar-refractivity contribution in [1.29, 1.82) is 0 Å². The fourth-order valence-corrected chi connectivity index (χ4v) is 3.85. The van der Waals surface area contributed by atoms with E-state index in [1.165, 1.54) is 122 Å². The van der Waals surface area contributed by atoms with E-state index in [9.17, 15) is 5.26 Å². The summed E-state index contributed by atoms with van der Waals surface area (Å²) >= 11 is 0. The molecule has 0 spiro atoms. The third-order valence-electron chi connectivity index (χ3n) is 5.84. The molecule has 0 aliphatic heterocycles. The number of unbranched alkanes of at least 4 members (excludes halogenated alkanes) is 19. The van der Waals surface area contributed by atoms with E-state index < -0.39 is 0 Å². The zero-order valence-corrected chi connectivity index (χ0v) is 20.0. The highest BCUT2D eigenvalue weighted by Gasteiger charge is 2.12. The second-order valence-electron chi connectivity index (χ2n) is 8.77. The SMILES string of the molecule is CCCCCCCCCCCCCCCCCC(OCCCCCCCC)=[O+][O-]. The van der Waals surface area contributed by atoms with Gasteiger partial charge in [-0.05, 0) is 12.8 Å². The standard InChI is InChI=1S/C26H52O3/c1-3-5-7-9-11-12-13-14-15-16-17-18-19-20-22-24-26(29-27)28-25-23-21-10-8-6-4-2/h3-25H2,1-2H3. The van der Waals surface area contributed by atoms with Crippen LogP contribution in [0.15, 0.2) is 0 Å². The van der Waals surface area contributed by atoms with Crippen molar-refractivity contribution >= 4 is 5.97 Å². The lowest BCUT2D eigenvalue weighted by Crippen LogP contribution is -2.14. The molecule has 0 fully saturated rings. The van der Waals surface area contributed by atoms with E-state index in [4.69, 9.17) is 4.74 Å². The molecular weight excluding hydrogens is 360 g/mol. The molecule has 0 aromatic heterocycles. The molecule has 0 N–H and O–H groups in total. The number of esters is 1. The first kappa shape index (κ1) is 28.3. The molecule has 3 nitrogen and oxygen atoms in total. The molecule has 0 saturated carbocycles. The van der Waals surface area contributed by atoms with E-state index in [1.807, 2.05) is 0 Å². The molecule has 0 saturated heterocycles. The normalized spacial score (nSPS) is 11.9. The van der Waals surface area contributed by atoms with Crippen LogP contribution in [-0.2, 0) is 9.31 Å². The number of ether oxygens (including phenoxy) is 1. The van der Waals surface area contributed by atoms with Crippen molar-refractivity contribution in [3.05, 3.63) is 0 Å². The van der Waals surface area contributed by atoms with Crippen LogP contribution in [0.4, 0.5) is 0 Å². The van der Waals surface area contributed by atoms with Gasteiger partial charge in [-0.2, -0.15) is 0 Å². The predicted molar refractivity (Wildman–Crippen MR) is 124 cm³/mol. The predicted octanol–water partition coefficient (Wildman–Crippen LogP) is 7.96. The third kappa shape index (κ3) is 23.4. The summed E-state index contributed by atoms with van der Waals surface area (Å²) in [5, 5.41) is 10.8. The van der Waals surface area contributed by atoms with Crippen LogP contribution in [0.25, 0.3) is 0 Å². The topological polar surface area (TPSA) is 43.6 Å². The van der Waals surface area contributed by atoms with E-state index in [0.717, 1.165) is 12.8 Å². The third-order valence-corrected chi connectivity index (χ3v) is 5.84. The first-order valence-corrected chi connectivity index (χ1v) is 13.1. The minimum Gasteiger partial charge on any atom is -0.588 e. The molecule has 0 aromatic carbocycles. The number of hydrogen-bond donors (Lipinski definition) is 0. The molecule has 0 amide bonds. The van der Waals surface area contributed by atoms with Crippen LogP contribution < -0.4 is 5.26 Å². The molecule has 29 heavy (non-hydrogen) atoms. The van der Waals surface area contributed by atoms with Crippen molar-refractivity contribution in [2.45, 2.75) is 155 Å². The van der Waals surface area contributed by atoms with Crippen LogP contribution in [0.1, 0.15) is 155 Å². The monoisotopic (exact) mass is 412 g/mol. The van der Waals surface area contributed by atoms with Crippen molar-refractivity contribution in [2.75, 3.05) is 6.61 Å². The summed E-state index contributed by atoms with van der Waals surface area (Å²) in [6, 6.07) is 0. The molecule has 0 radical (unpaired) electrons. The number of hydrogen-bond acceptors (Lipinski definition) is 2. The van der Waals surface area contributed by atoms with Crippen LogP contribution in [0.3, 0.4) is 0 Å². The Morgan fingerprint density at radius 1 is 0.517 bits per heavy atom. The van der Waals surface area contributed by atoms with Gasteiger partial charge in [0.2, 0.25) is 0 Å². The summed E-state index contributed by atoms with van der Waals surface area (Å²) in [6.45, 7) is 5.14. The van der Waals surface area contributed by atoms with Crippen molar-refractivity contribution in [3.63, 3.8) is 0 Å². The van der Waals surface area contributed by atoms with Crippen molar-refractivity contribution < 1.29 is 14.6 Å². The molecule has 0 heterocycles. The first-order valence-electron chi connectivity index (χ1n) is 13.1. The maximum Gasteiger partial charge on any atom is 0.497 e. The average Bonchev–Trinajstić information content (AvgIpc) is 2.74. The van der Waals surface area contributed by atoms with Gasteiger partial charge in [0, 0.05) is 6.42 Å². The van der Waals surface area contributed by atoms with Crippen LogP contribution in [-0.4, -0.2) is 12.6 Å². The summed E-state index contributed by atoms with van der Waals surface area (Å²) in [4.78, 5) is 0. The summed E-state index contributed by atoms with van der Waals surface area (Å²) in [5.41, 5.74) is 0. The summed E-state index contributed by atoms with van der Waals surface area (Å²) in [6.07, 6.45) is 28.3. The summed E-state index contributed by atoms with van der Waals surface area (Å²) < 4.78 is 9.66. The van der Waals surface area contributed by atoms with E-state index in [2.05, 4.69) is 18.4 Å². The number of rotatable bonds is 23. The van der Waals surface area contributed by atoms with Gasteiger partial charge in [0.25, 0.3) is 0 Å². The highest BCUT2D eigenvalue weighted by atomic mass is 17.1. The molecular formula is C26H52O3. The Morgan fingerprint density at radius 2 is 0.862 bits per heavy atom. The molecule has 0 atom stereocenters. The Bertz CT molecular complexity index is 328. The van der Waals surface area contributed by atoms with Gasteiger partial charge in [-0.25, -0.2) is 0 Å². The lowest BCUT2D eigenvalue weighted by Gasteiger charge is -2.03. The van der Waals surface area contributed by atoms with Gasteiger partial charge in [-0.1, -0.05) is 129 Å². The Balaban J connectivity index is 3.25. The second kappa shape index (κ2) is 25.3. The van der Waals surface area contributed by atoms with Crippen molar-refractivity contribution in [1.82, 2.24) is 0 Å². The molecule has 3 heteroatoms. The second-order valence-corrected chi connectivity index (χ2v) is 8.77. The van der Waals surface area contributed by atoms with Gasteiger partial charge < -0.3 is 9.99 Å². The van der Waals surface area contributed by atoms with E-state index in [0.29, 0.717) is 19.0 Å². The Morgan fingerprint density at radius 3 is 1.24 bits per heavy atom. The maximum atomic E-state index is 10.8. The average molecular weight is 413 g/mol. The fraction of sp³-hybridized carbons (Fsp3) is 0.962. The van der Waals surface area contributed by atoms with Crippen molar-refractivity contribution in [2.24, 2.45) is 0 Å². The van der Waals surface area contributed by atoms with Crippen LogP contribution in [0.5, 0.6) is 0 Å². The Labute approximate surface area is 182 Å². The molecule has 0 aliphatic rings. The molecule has 0 unspecified atom stereocenters. The van der Waals surface area contributed by atoms with E-state index in [1.54, 1.807) is 0 Å². The molecule has 0 bridgehead atoms. The van der Waals surface area contributed by atoms with Gasteiger partial charge in [-0.3, -0.25) is 4.58 Å². The highest BCUT2D eigenvalue weighted by Crippen LogP contribution is 2.14. The van der Waals surface area contributed by atoms with Gasteiger partial charge in [0.1, 0.15) is 6.42 Å². The molecule has 174 valence electrons. The lowest BCUT2D eigenvalue weighted by atomic mass is 10.0. The van der Waals surface area contributed by atoms with Gasteiger partial charge in [0.15, 0.2) is 6.61 Å². The quantitative estimate of drug-likeness (QED) is 0.0561. The fourth-order valence-electron chi connectivity index (χ4n) is 3.85. The number of carbonyl (C=O) groups excluding carboxylic acids is 1. The minimum absolute atomic E-state index is 0.299. The van der Waals surface area contributed by atoms with Crippen molar-refractivity contribution in [3.8, 4) is 0 Å². The van der Waals surface area contributed by atoms with Crippen LogP contribution in [0.2, 0.25) is 0 Å². The summed E-state index contributed by atoms with van der Waals surface area (Å²) in [5.74, 6) is 0.299. The molecule has 0 aromatic rings. The van der Waals surface area contributed by atoms with Crippen LogP contribution in [0, 0.1) is 0 Å². The first-order chi connectivity index (χ1) is 14.3. The highest BCUT2D eigenvalue weighted by molar-refractivity contribution is 5.69. The van der Waals surface area contributed by atoms with E-state index >= 15 is 0 Å². The minimum atomic E-state index is 0.299. The smallest absolute Gasteiger partial charge is 0.497 e. The maximum absolute atomic E-state index is 10.8. The van der Waals surface area contributed by atoms with Crippen LogP contribution >= 0.6 is 0 Å². The Hall–Kier alpha value is -0.730. The van der Waals surface area contributed by atoms with Gasteiger partial charge >= 0.3 is 5.97 Å². The molecule has 0 aliphatic carbocycles. The zero-order valence-electron chi connectivity index (χ0n) is 20.0. The Kier molecular flexibility index (Phi) is 24.7. The zero-order chi connectivity index (χ0) is 21.3. The van der Waals surface area contributed by atoms with Gasteiger partial charge in [0.05, 0.1) is 0 Å². The largest absolute Gasteiger partial charge is 0.588 e. The summed E-state index contributed by atoms with van der Waals surface area (Å²) in [7, 11) is 0. The lowest BCUT2D eigenvalue weighted by molar-refractivity contribution is -1.05. The van der Waals surface area contributed by atoms with Gasteiger partial charge in [-0.15, -0.1) is 0 Å². The molecule has 0 rings (SSSR count). The van der Waals surface area contributed by atoms with E-state index in [-0.39, 0.29) is 0 Å².